The maximum Gasteiger partial charge on any atom is 0.455 e. The highest BCUT2D eigenvalue weighted by molar-refractivity contribution is 6.43. The molecule has 0 spiro atoms. The zero-order chi connectivity index (χ0) is 9.35. The van der Waals surface area contributed by atoms with Crippen LogP contribution in [0.2, 0.25) is 5.82 Å². The van der Waals surface area contributed by atoms with E-state index in [0.29, 0.717) is 6.61 Å². The van der Waals surface area contributed by atoms with Crippen LogP contribution < -0.4 is 0 Å². The average molecular weight is 172 g/mol. The highest BCUT2D eigenvalue weighted by Crippen LogP contribution is 2.52. The van der Waals surface area contributed by atoms with Crippen molar-refractivity contribution in [1.29, 1.82) is 0 Å². The summed E-state index contributed by atoms with van der Waals surface area (Å²) < 4.78 is 5.45. The van der Waals surface area contributed by atoms with Gasteiger partial charge >= 0.3 is 7.12 Å². The monoisotopic (exact) mass is 172 g/mol. The molecule has 0 heterocycles. The second-order valence-electron chi connectivity index (χ2n) is 4.02. The van der Waals surface area contributed by atoms with Crippen molar-refractivity contribution in [3.63, 3.8) is 0 Å². The summed E-state index contributed by atoms with van der Waals surface area (Å²) in [6.45, 7) is 6.68. The molecule has 2 N–H and O–H groups in total. The Labute approximate surface area is 73.9 Å². The van der Waals surface area contributed by atoms with Gasteiger partial charge in [-0.15, -0.1) is 0 Å². The molecule has 1 fully saturated rings. The van der Waals surface area contributed by atoms with E-state index in [1.807, 2.05) is 20.8 Å². The molecule has 1 aliphatic carbocycles. The molecule has 3 nitrogen and oxygen atoms in total. The van der Waals surface area contributed by atoms with Gasteiger partial charge in [0.15, 0.2) is 0 Å². The fraction of sp³-hybridized carbons (Fsp3) is 1.00. The van der Waals surface area contributed by atoms with Crippen molar-refractivity contribution in [3.05, 3.63) is 0 Å². The standard InChI is InChI=1S/C8H17BO3/c1-4-12-7-5-6(9(10)11)8(7,2)3/h6-7,10-11H,4-5H2,1-3H3. The molecule has 0 aromatic carbocycles. The molecular formula is C8H17BO3. The van der Waals surface area contributed by atoms with Crippen molar-refractivity contribution in [2.45, 2.75) is 39.1 Å². The van der Waals surface area contributed by atoms with Crippen LogP contribution in [-0.2, 0) is 4.74 Å². The minimum Gasteiger partial charge on any atom is -0.427 e. The van der Waals surface area contributed by atoms with Gasteiger partial charge in [-0.1, -0.05) is 13.8 Å². The van der Waals surface area contributed by atoms with Crippen LogP contribution in [0.3, 0.4) is 0 Å². The van der Waals surface area contributed by atoms with E-state index in [-0.39, 0.29) is 17.3 Å². The van der Waals surface area contributed by atoms with Crippen LogP contribution in [0, 0.1) is 5.41 Å². The summed E-state index contributed by atoms with van der Waals surface area (Å²) >= 11 is 0. The smallest absolute Gasteiger partial charge is 0.427 e. The fourth-order valence-corrected chi connectivity index (χ4v) is 1.91. The van der Waals surface area contributed by atoms with E-state index in [0.717, 1.165) is 6.42 Å². The van der Waals surface area contributed by atoms with Crippen molar-refractivity contribution < 1.29 is 14.8 Å². The van der Waals surface area contributed by atoms with Gasteiger partial charge in [0, 0.05) is 12.4 Å². The Bertz CT molecular complexity index is 158. The van der Waals surface area contributed by atoms with Crippen molar-refractivity contribution in [3.8, 4) is 0 Å². The van der Waals surface area contributed by atoms with Gasteiger partial charge in [0.25, 0.3) is 0 Å². The summed E-state index contributed by atoms with van der Waals surface area (Å²) in [5.74, 6) is -0.0333. The second-order valence-corrected chi connectivity index (χ2v) is 4.02. The van der Waals surface area contributed by atoms with Crippen LogP contribution in [0.15, 0.2) is 0 Å². The van der Waals surface area contributed by atoms with E-state index < -0.39 is 7.12 Å². The molecule has 12 heavy (non-hydrogen) atoms. The third-order valence-corrected chi connectivity index (χ3v) is 2.98. The first kappa shape index (κ1) is 10.0. The Kier molecular flexibility index (Phi) is 2.81. The highest BCUT2D eigenvalue weighted by atomic mass is 16.5. The van der Waals surface area contributed by atoms with Crippen LogP contribution in [0.25, 0.3) is 0 Å². The molecule has 4 heteroatoms. The Morgan fingerprint density at radius 3 is 2.42 bits per heavy atom. The van der Waals surface area contributed by atoms with Gasteiger partial charge in [-0.25, -0.2) is 0 Å². The number of hydrogen-bond acceptors (Lipinski definition) is 3. The zero-order valence-electron chi connectivity index (χ0n) is 7.95. The van der Waals surface area contributed by atoms with E-state index in [2.05, 4.69) is 0 Å². The molecule has 1 aliphatic rings. The normalized spacial score (nSPS) is 32.8. The first-order valence-electron chi connectivity index (χ1n) is 4.48. The molecule has 1 saturated carbocycles. The predicted molar refractivity (Wildman–Crippen MR) is 47.8 cm³/mol. The Morgan fingerprint density at radius 1 is 1.50 bits per heavy atom. The first-order valence-corrected chi connectivity index (χ1v) is 4.48. The molecule has 0 radical (unpaired) electrons. The lowest BCUT2D eigenvalue weighted by Gasteiger charge is -2.51. The molecule has 0 aliphatic heterocycles. The molecule has 0 saturated heterocycles. The van der Waals surface area contributed by atoms with Gasteiger partial charge in [0.2, 0.25) is 0 Å². The summed E-state index contributed by atoms with van der Waals surface area (Å²) in [7, 11) is -1.20. The summed E-state index contributed by atoms with van der Waals surface area (Å²) in [4.78, 5) is 0. The fourth-order valence-electron chi connectivity index (χ4n) is 1.91. The molecule has 0 aromatic rings. The van der Waals surface area contributed by atoms with Gasteiger partial charge in [-0.2, -0.15) is 0 Å². The molecule has 2 unspecified atom stereocenters. The number of hydrogen-bond donors (Lipinski definition) is 2. The van der Waals surface area contributed by atoms with Gasteiger partial charge < -0.3 is 14.8 Å². The van der Waals surface area contributed by atoms with E-state index >= 15 is 0 Å². The lowest BCUT2D eigenvalue weighted by Crippen LogP contribution is -2.53. The first-order chi connectivity index (χ1) is 5.50. The molecule has 70 valence electrons. The molecule has 2 atom stereocenters. The largest absolute Gasteiger partial charge is 0.455 e. The molecular weight excluding hydrogens is 155 g/mol. The SMILES string of the molecule is CCOC1CC(B(O)O)C1(C)C. The summed E-state index contributed by atoms with van der Waals surface area (Å²) in [6, 6.07) is 0. The van der Waals surface area contributed by atoms with Crippen LogP contribution in [-0.4, -0.2) is 29.9 Å². The lowest BCUT2D eigenvalue weighted by molar-refractivity contribution is -0.0942. The third-order valence-electron chi connectivity index (χ3n) is 2.98. The van der Waals surface area contributed by atoms with Crippen molar-refractivity contribution >= 4 is 7.12 Å². The highest BCUT2D eigenvalue weighted by Gasteiger charge is 2.53. The van der Waals surface area contributed by atoms with Crippen molar-refractivity contribution in [1.82, 2.24) is 0 Å². The quantitative estimate of drug-likeness (QED) is 0.615. The molecule has 1 rings (SSSR count). The van der Waals surface area contributed by atoms with E-state index in [1.54, 1.807) is 0 Å². The molecule has 0 aromatic heterocycles. The third kappa shape index (κ3) is 1.51. The van der Waals surface area contributed by atoms with Gasteiger partial charge in [-0.3, -0.25) is 0 Å². The van der Waals surface area contributed by atoms with E-state index in [1.165, 1.54) is 0 Å². The summed E-state index contributed by atoms with van der Waals surface area (Å²) in [5, 5.41) is 18.0. The van der Waals surface area contributed by atoms with Gasteiger partial charge in [0.05, 0.1) is 6.10 Å². The summed E-state index contributed by atoms with van der Waals surface area (Å²) in [5.41, 5.74) is -0.0931. The van der Waals surface area contributed by atoms with Gasteiger partial charge in [-0.05, 0) is 18.8 Å². The Balaban J connectivity index is 2.48. The summed E-state index contributed by atoms with van der Waals surface area (Å²) in [6.07, 6.45) is 0.952. The van der Waals surface area contributed by atoms with Gasteiger partial charge in [0.1, 0.15) is 0 Å². The predicted octanol–water partition coefficient (Wildman–Crippen LogP) is 0.664. The Hall–Kier alpha value is -0.0551. The van der Waals surface area contributed by atoms with E-state index in [4.69, 9.17) is 14.8 Å². The minimum atomic E-state index is -1.20. The maximum atomic E-state index is 8.99. The van der Waals surface area contributed by atoms with Crippen molar-refractivity contribution in [2.24, 2.45) is 5.41 Å². The zero-order valence-corrected chi connectivity index (χ0v) is 7.95. The average Bonchev–Trinajstić information content (AvgIpc) is 1.96. The lowest BCUT2D eigenvalue weighted by atomic mass is 9.46. The van der Waals surface area contributed by atoms with Crippen LogP contribution >= 0.6 is 0 Å². The second kappa shape index (κ2) is 3.36. The number of ether oxygens (including phenoxy) is 1. The minimum absolute atomic E-state index is 0.0333. The van der Waals surface area contributed by atoms with E-state index in [9.17, 15) is 0 Å². The molecule has 0 amide bonds. The van der Waals surface area contributed by atoms with Crippen molar-refractivity contribution in [2.75, 3.05) is 6.61 Å². The maximum absolute atomic E-state index is 8.99. The van der Waals surface area contributed by atoms with Crippen LogP contribution in [0.4, 0.5) is 0 Å². The topological polar surface area (TPSA) is 49.7 Å². The van der Waals surface area contributed by atoms with Crippen LogP contribution in [0.1, 0.15) is 27.2 Å². The Morgan fingerprint density at radius 2 is 2.08 bits per heavy atom. The molecule has 0 bridgehead atoms. The number of rotatable bonds is 3. The van der Waals surface area contributed by atoms with Crippen LogP contribution in [0.5, 0.6) is 0 Å².